The fourth-order valence-corrected chi connectivity index (χ4v) is 3.11. The highest BCUT2D eigenvalue weighted by molar-refractivity contribution is 14.0. The molecule has 1 unspecified atom stereocenters. The van der Waals surface area contributed by atoms with E-state index in [9.17, 15) is 0 Å². The maximum absolute atomic E-state index is 4.28. The highest BCUT2D eigenvalue weighted by atomic mass is 127. The molecule has 1 fully saturated rings. The number of hydrogen-bond acceptors (Lipinski definition) is 2. The van der Waals surface area contributed by atoms with Crippen LogP contribution in [-0.2, 0) is 13.1 Å². The van der Waals surface area contributed by atoms with Gasteiger partial charge in [-0.15, -0.1) is 24.0 Å². The van der Waals surface area contributed by atoms with Crippen LogP contribution in [0.25, 0.3) is 0 Å². The molecule has 25 heavy (non-hydrogen) atoms. The molecule has 0 aromatic heterocycles. The number of halogens is 1. The van der Waals surface area contributed by atoms with E-state index in [2.05, 4.69) is 72.5 Å². The fourth-order valence-electron chi connectivity index (χ4n) is 3.11. The standard InChI is InChI=1S/C20H34N4.HI/c1-16-8-6-7-13-24(16)15-18-11-9-17(10-12-18)14-22-19(21-5)23-20(2,3)4;/h9-12,16H,6-8,13-15H2,1-5H3,(H2,21,22,23);1H. The summed E-state index contributed by atoms with van der Waals surface area (Å²) in [7, 11) is 1.81. The predicted molar refractivity (Wildman–Crippen MR) is 119 cm³/mol. The summed E-state index contributed by atoms with van der Waals surface area (Å²) in [6.07, 6.45) is 4.06. The minimum absolute atomic E-state index is 0. The van der Waals surface area contributed by atoms with Crippen molar-refractivity contribution >= 4 is 29.9 Å². The van der Waals surface area contributed by atoms with Crippen LogP contribution in [0.2, 0.25) is 0 Å². The zero-order valence-corrected chi connectivity index (χ0v) is 18.8. The van der Waals surface area contributed by atoms with Gasteiger partial charge in [0, 0.05) is 31.7 Å². The molecule has 0 radical (unpaired) electrons. The summed E-state index contributed by atoms with van der Waals surface area (Å²) < 4.78 is 0. The summed E-state index contributed by atoms with van der Waals surface area (Å²) in [5, 5.41) is 6.76. The molecule has 1 aliphatic rings. The van der Waals surface area contributed by atoms with Crippen LogP contribution in [0.1, 0.15) is 58.1 Å². The average molecular weight is 458 g/mol. The molecule has 1 saturated heterocycles. The molecule has 1 aromatic carbocycles. The highest BCUT2D eigenvalue weighted by Crippen LogP contribution is 2.19. The first-order valence-corrected chi connectivity index (χ1v) is 9.18. The second kappa shape index (κ2) is 10.4. The van der Waals surface area contributed by atoms with Gasteiger partial charge in [0.1, 0.15) is 0 Å². The van der Waals surface area contributed by atoms with Gasteiger partial charge in [-0.25, -0.2) is 0 Å². The molecule has 2 rings (SSSR count). The third kappa shape index (κ3) is 7.94. The quantitative estimate of drug-likeness (QED) is 0.405. The van der Waals surface area contributed by atoms with E-state index in [0.29, 0.717) is 6.04 Å². The lowest BCUT2D eigenvalue weighted by Gasteiger charge is -2.33. The van der Waals surface area contributed by atoms with Gasteiger partial charge in [0.25, 0.3) is 0 Å². The first-order valence-electron chi connectivity index (χ1n) is 9.18. The summed E-state index contributed by atoms with van der Waals surface area (Å²) >= 11 is 0. The molecule has 5 heteroatoms. The number of guanidine groups is 1. The Kier molecular flexibility index (Phi) is 9.21. The van der Waals surface area contributed by atoms with Crippen LogP contribution >= 0.6 is 24.0 Å². The summed E-state index contributed by atoms with van der Waals surface area (Å²) in [6.45, 7) is 11.9. The first kappa shape index (κ1) is 22.2. The van der Waals surface area contributed by atoms with Crippen LogP contribution in [-0.4, -0.2) is 36.0 Å². The molecule has 1 atom stereocenters. The molecule has 0 bridgehead atoms. The van der Waals surface area contributed by atoms with E-state index in [1.165, 1.54) is 36.9 Å². The van der Waals surface area contributed by atoms with Gasteiger partial charge >= 0.3 is 0 Å². The Labute approximate surface area is 170 Å². The van der Waals surface area contributed by atoms with E-state index in [0.717, 1.165) is 19.0 Å². The van der Waals surface area contributed by atoms with E-state index in [4.69, 9.17) is 0 Å². The molecule has 4 nitrogen and oxygen atoms in total. The summed E-state index contributed by atoms with van der Waals surface area (Å²) in [5.74, 6) is 0.841. The molecule has 1 aromatic rings. The van der Waals surface area contributed by atoms with Crippen LogP contribution in [0.5, 0.6) is 0 Å². The van der Waals surface area contributed by atoms with Crippen molar-refractivity contribution in [1.29, 1.82) is 0 Å². The van der Waals surface area contributed by atoms with Crippen molar-refractivity contribution in [1.82, 2.24) is 15.5 Å². The molecule has 1 heterocycles. The Bertz CT molecular complexity index is 534. The molecule has 0 spiro atoms. The Hall–Kier alpha value is -0.820. The smallest absolute Gasteiger partial charge is 0.191 e. The van der Waals surface area contributed by atoms with Gasteiger partial charge in [-0.05, 0) is 58.2 Å². The third-order valence-corrected chi connectivity index (χ3v) is 4.53. The molecule has 2 N–H and O–H groups in total. The van der Waals surface area contributed by atoms with E-state index in [1.54, 1.807) is 0 Å². The third-order valence-electron chi connectivity index (χ3n) is 4.53. The Morgan fingerprint density at radius 3 is 2.36 bits per heavy atom. The molecular weight excluding hydrogens is 423 g/mol. The summed E-state index contributed by atoms with van der Waals surface area (Å²) in [4.78, 5) is 6.88. The lowest BCUT2D eigenvalue weighted by molar-refractivity contribution is 0.152. The van der Waals surface area contributed by atoms with E-state index in [-0.39, 0.29) is 29.5 Å². The minimum Gasteiger partial charge on any atom is -0.352 e. The lowest BCUT2D eigenvalue weighted by atomic mass is 10.0. The number of likely N-dealkylation sites (tertiary alicyclic amines) is 1. The van der Waals surface area contributed by atoms with E-state index < -0.39 is 0 Å². The lowest BCUT2D eigenvalue weighted by Crippen LogP contribution is -2.47. The molecule has 0 aliphatic carbocycles. The summed E-state index contributed by atoms with van der Waals surface area (Å²) in [6, 6.07) is 9.69. The molecule has 0 amide bonds. The number of rotatable bonds is 4. The Balaban J connectivity index is 0.00000312. The van der Waals surface area contributed by atoms with Gasteiger partial charge < -0.3 is 10.6 Å². The molecule has 0 saturated carbocycles. The summed E-state index contributed by atoms with van der Waals surface area (Å²) in [5.41, 5.74) is 2.70. The van der Waals surface area contributed by atoms with Crippen LogP contribution in [0.3, 0.4) is 0 Å². The number of piperidine rings is 1. The van der Waals surface area contributed by atoms with E-state index in [1.807, 2.05) is 7.05 Å². The SMILES string of the molecule is CN=C(NCc1ccc(CN2CCCCC2C)cc1)NC(C)(C)C.I. The van der Waals surface area contributed by atoms with Gasteiger partial charge in [-0.2, -0.15) is 0 Å². The van der Waals surface area contributed by atoms with Gasteiger partial charge in [0.2, 0.25) is 0 Å². The van der Waals surface area contributed by atoms with Crippen molar-refractivity contribution in [2.75, 3.05) is 13.6 Å². The zero-order chi connectivity index (χ0) is 17.6. The van der Waals surface area contributed by atoms with Crippen molar-refractivity contribution in [3.8, 4) is 0 Å². The predicted octanol–water partition coefficient (Wildman–Crippen LogP) is 4.14. The topological polar surface area (TPSA) is 39.7 Å². The van der Waals surface area contributed by atoms with Crippen LogP contribution in [0.15, 0.2) is 29.3 Å². The Morgan fingerprint density at radius 1 is 1.16 bits per heavy atom. The number of aliphatic imine (C=N–C) groups is 1. The molecular formula is C20H35IN4. The second-order valence-electron chi connectivity index (χ2n) is 7.93. The second-order valence-corrected chi connectivity index (χ2v) is 7.93. The van der Waals surface area contributed by atoms with Crippen molar-refractivity contribution in [2.24, 2.45) is 4.99 Å². The highest BCUT2D eigenvalue weighted by Gasteiger charge is 2.18. The Morgan fingerprint density at radius 2 is 1.80 bits per heavy atom. The zero-order valence-electron chi connectivity index (χ0n) is 16.4. The number of nitrogens with zero attached hydrogens (tertiary/aromatic N) is 2. The maximum Gasteiger partial charge on any atom is 0.191 e. The van der Waals surface area contributed by atoms with Crippen LogP contribution in [0, 0.1) is 0 Å². The van der Waals surface area contributed by atoms with Crippen LogP contribution in [0.4, 0.5) is 0 Å². The first-order chi connectivity index (χ1) is 11.4. The number of benzene rings is 1. The fraction of sp³-hybridized carbons (Fsp3) is 0.650. The largest absolute Gasteiger partial charge is 0.352 e. The van der Waals surface area contributed by atoms with Crippen molar-refractivity contribution in [2.45, 2.75) is 71.6 Å². The average Bonchev–Trinajstić information content (AvgIpc) is 2.54. The number of nitrogens with one attached hydrogen (secondary N) is 2. The maximum atomic E-state index is 4.28. The normalized spacial score (nSPS) is 19.2. The number of hydrogen-bond donors (Lipinski definition) is 2. The van der Waals surface area contributed by atoms with Crippen LogP contribution < -0.4 is 10.6 Å². The molecule has 1 aliphatic heterocycles. The van der Waals surface area contributed by atoms with Gasteiger partial charge in [-0.1, -0.05) is 30.7 Å². The van der Waals surface area contributed by atoms with Crippen molar-refractivity contribution in [3.63, 3.8) is 0 Å². The van der Waals surface area contributed by atoms with E-state index >= 15 is 0 Å². The minimum atomic E-state index is 0. The van der Waals surface area contributed by atoms with Gasteiger partial charge in [0.15, 0.2) is 5.96 Å². The monoisotopic (exact) mass is 458 g/mol. The van der Waals surface area contributed by atoms with Gasteiger partial charge in [-0.3, -0.25) is 9.89 Å². The molecule has 142 valence electrons. The van der Waals surface area contributed by atoms with Crippen molar-refractivity contribution in [3.05, 3.63) is 35.4 Å². The van der Waals surface area contributed by atoms with Gasteiger partial charge in [0.05, 0.1) is 0 Å². The van der Waals surface area contributed by atoms with Crippen molar-refractivity contribution < 1.29 is 0 Å².